The minimum Gasteiger partial charge on any atom is -0.478 e. The zero-order valence-electron chi connectivity index (χ0n) is 8.71. The fraction of sp³-hybridized carbons (Fsp3) is 0.182. The molecule has 0 fully saturated rings. The number of nitrogens with zero attached hydrogens (tertiary/aromatic N) is 1. The quantitative estimate of drug-likeness (QED) is 0.850. The van der Waals surface area contributed by atoms with Crippen LogP contribution in [-0.4, -0.2) is 15.6 Å². The molecule has 0 aliphatic carbocycles. The van der Waals surface area contributed by atoms with Crippen molar-refractivity contribution >= 4 is 40.1 Å². The van der Waals surface area contributed by atoms with E-state index in [2.05, 4.69) is 0 Å². The summed E-state index contributed by atoms with van der Waals surface area (Å²) in [6.07, 6.45) is 0. The third-order valence-electron chi connectivity index (χ3n) is 2.68. The van der Waals surface area contributed by atoms with Crippen LogP contribution in [-0.2, 0) is 7.05 Å². The second-order valence-corrected chi connectivity index (χ2v) is 4.36. The number of carboxylic acids is 1. The van der Waals surface area contributed by atoms with Crippen LogP contribution in [0.4, 0.5) is 0 Å². The number of hydrogen-bond acceptors (Lipinski definition) is 1. The molecular formula is C11H9Cl2NO2. The van der Waals surface area contributed by atoms with Crippen molar-refractivity contribution in [2.45, 2.75) is 6.92 Å². The molecule has 0 saturated heterocycles. The van der Waals surface area contributed by atoms with Crippen LogP contribution in [0.15, 0.2) is 12.1 Å². The van der Waals surface area contributed by atoms with Gasteiger partial charge in [0.15, 0.2) is 0 Å². The topological polar surface area (TPSA) is 42.2 Å². The van der Waals surface area contributed by atoms with Crippen LogP contribution in [0, 0.1) is 6.92 Å². The van der Waals surface area contributed by atoms with Crippen molar-refractivity contribution in [2.24, 2.45) is 7.05 Å². The van der Waals surface area contributed by atoms with Crippen molar-refractivity contribution < 1.29 is 9.90 Å². The fourth-order valence-corrected chi connectivity index (χ4v) is 2.31. The molecule has 1 heterocycles. The number of rotatable bonds is 1. The first-order valence-electron chi connectivity index (χ1n) is 4.61. The van der Waals surface area contributed by atoms with Gasteiger partial charge in [0.05, 0.1) is 5.52 Å². The van der Waals surface area contributed by atoms with E-state index in [1.807, 2.05) is 6.92 Å². The van der Waals surface area contributed by atoms with E-state index in [-0.39, 0.29) is 10.7 Å². The van der Waals surface area contributed by atoms with Gasteiger partial charge in [0.2, 0.25) is 0 Å². The maximum atomic E-state index is 11.1. The molecule has 0 amide bonds. The Hall–Kier alpha value is -1.19. The van der Waals surface area contributed by atoms with Crippen molar-refractivity contribution in [3.8, 4) is 0 Å². The molecule has 3 nitrogen and oxygen atoms in total. The number of aromatic nitrogens is 1. The second kappa shape index (κ2) is 3.68. The Kier molecular flexibility index (Phi) is 2.60. The predicted molar refractivity (Wildman–Crippen MR) is 64.6 cm³/mol. The number of halogens is 2. The summed E-state index contributed by atoms with van der Waals surface area (Å²) in [4.78, 5) is 11.1. The minimum atomic E-state index is -1.03. The van der Waals surface area contributed by atoms with Gasteiger partial charge in [-0.25, -0.2) is 4.79 Å². The summed E-state index contributed by atoms with van der Waals surface area (Å²) >= 11 is 12.0. The van der Waals surface area contributed by atoms with Crippen molar-refractivity contribution in [1.82, 2.24) is 4.57 Å². The average molecular weight is 258 g/mol. The summed E-state index contributed by atoms with van der Waals surface area (Å²) < 4.78 is 1.64. The van der Waals surface area contributed by atoms with Gasteiger partial charge in [-0.2, -0.15) is 0 Å². The average Bonchev–Trinajstić information content (AvgIpc) is 2.46. The lowest BCUT2D eigenvalue weighted by Crippen LogP contribution is -1.96. The standard InChI is InChI=1S/C11H9Cl2NO2/c1-5-7(12)4-3-6-8(11(15)16)10(13)14(2)9(5)6/h3-4H,1-2H3,(H,15,16). The summed E-state index contributed by atoms with van der Waals surface area (Å²) in [5.41, 5.74) is 1.71. The van der Waals surface area contributed by atoms with E-state index in [1.54, 1.807) is 23.7 Å². The largest absolute Gasteiger partial charge is 0.478 e. The van der Waals surface area contributed by atoms with Gasteiger partial charge in [0.25, 0.3) is 0 Å². The normalized spacial score (nSPS) is 11.0. The lowest BCUT2D eigenvalue weighted by atomic mass is 10.1. The van der Waals surface area contributed by atoms with E-state index in [9.17, 15) is 4.79 Å². The molecular weight excluding hydrogens is 249 g/mol. The summed E-state index contributed by atoms with van der Waals surface area (Å²) in [6, 6.07) is 3.36. The van der Waals surface area contributed by atoms with Gasteiger partial charge in [0, 0.05) is 17.5 Å². The molecule has 0 unspecified atom stereocenters. The maximum absolute atomic E-state index is 11.1. The molecule has 0 atom stereocenters. The van der Waals surface area contributed by atoms with E-state index in [0.717, 1.165) is 11.1 Å². The lowest BCUT2D eigenvalue weighted by Gasteiger charge is -2.03. The SMILES string of the molecule is Cc1c(Cl)ccc2c(C(=O)O)c(Cl)n(C)c12. The fourth-order valence-electron chi connectivity index (χ4n) is 1.89. The molecule has 2 aromatic rings. The molecule has 1 aromatic carbocycles. The summed E-state index contributed by atoms with van der Waals surface area (Å²) in [5, 5.41) is 10.5. The van der Waals surface area contributed by atoms with Gasteiger partial charge in [-0.05, 0) is 18.6 Å². The molecule has 1 aromatic heterocycles. The molecule has 84 valence electrons. The zero-order chi connectivity index (χ0) is 12.0. The predicted octanol–water partition coefficient (Wildman–Crippen LogP) is 3.49. The van der Waals surface area contributed by atoms with E-state index >= 15 is 0 Å². The monoisotopic (exact) mass is 257 g/mol. The van der Waals surface area contributed by atoms with Crippen LogP contribution >= 0.6 is 23.2 Å². The van der Waals surface area contributed by atoms with E-state index in [1.165, 1.54) is 0 Å². The van der Waals surface area contributed by atoms with Crippen molar-refractivity contribution in [2.75, 3.05) is 0 Å². The molecule has 16 heavy (non-hydrogen) atoms. The highest BCUT2D eigenvalue weighted by atomic mass is 35.5. The Bertz CT molecular complexity index is 602. The number of aryl methyl sites for hydroxylation is 2. The summed E-state index contributed by atoms with van der Waals surface area (Å²) in [7, 11) is 1.72. The summed E-state index contributed by atoms with van der Waals surface area (Å²) in [5.74, 6) is -1.03. The zero-order valence-corrected chi connectivity index (χ0v) is 10.2. The van der Waals surface area contributed by atoms with Crippen LogP contribution in [0.2, 0.25) is 10.2 Å². The third-order valence-corrected chi connectivity index (χ3v) is 3.54. The van der Waals surface area contributed by atoms with Crippen molar-refractivity contribution in [3.05, 3.63) is 33.4 Å². The minimum absolute atomic E-state index is 0.124. The van der Waals surface area contributed by atoms with Crippen molar-refractivity contribution in [3.63, 3.8) is 0 Å². The lowest BCUT2D eigenvalue weighted by molar-refractivity contribution is 0.0699. The van der Waals surface area contributed by atoms with Gasteiger partial charge in [-0.15, -0.1) is 0 Å². The number of hydrogen-bond donors (Lipinski definition) is 1. The first-order valence-corrected chi connectivity index (χ1v) is 5.37. The van der Waals surface area contributed by atoms with E-state index in [4.69, 9.17) is 28.3 Å². The first-order chi connectivity index (χ1) is 7.45. The molecule has 1 N–H and O–H groups in total. The van der Waals surface area contributed by atoms with Gasteiger partial charge >= 0.3 is 5.97 Å². The molecule has 0 radical (unpaired) electrons. The molecule has 0 spiro atoms. The van der Waals surface area contributed by atoms with Gasteiger partial charge in [-0.1, -0.05) is 29.3 Å². The number of fused-ring (bicyclic) bond motifs is 1. The Balaban J connectivity index is 3.01. The van der Waals surface area contributed by atoms with Gasteiger partial charge < -0.3 is 9.67 Å². The highest BCUT2D eigenvalue weighted by molar-refractivity contribution is 6.36. The molecule has 0 bridgehead atoms. The molecule has 0 saturated carbocycles. The van der Waals surface area contributed by atoms with Crippen LogP contribution in [0.3, 0.4) is 0 Å². The Morgan fingerprint density at radius 1 is 1.38 bits per heavy atom. The van der Waals surface area contributed by atoms with Crippen LogP contribution < -0.4 is 0 Å². The van der Waals surface area contributed by atoms with Crippen LogP contribution in [0.25, 0.3) is 10.9 Å². The molecule has 2 rings (SSSR count). The number of carbonyl (C=O) groups is 1. The number of carboxylic acid groups (broad SMARTS) is 1. The molecule has 5 heteroatoms. The molecule has 0 aliphatic rings. The number of aromatic carboxylic acids is 1. The highest BCUT2D eigenvalue weighted by Gasteiger charge is 2.20. The molecule has 0 aliphatic heterocycles. The van der Waals surface area contributed by atoms with Gasteiger partial charge in [-0.3, -0.25) is 0 Å². The van der Waals surface area contributed by atoms with Crippen LogP contribution in [0.1, 0.15) is 15.9 Å². The summed E-state index contributed by atoms with van der Waals surface area (Å²) in [6.45, 7) is 1.84. The van der Waals surface area contributed by atoms with Crippen LogP contribution in [0.5, 0.6) is 0 Å². The Morgan fingerprint density at radius 3 is 2.56 bits per heavy atom. The second-order valence-electron chi connectivity index (χ2n) is 3.60. The highest BCUT2D eigenvalue weighted by Crippen LogP contribution is 2.33. The number of benzene rings is 1. The Labute approximate surface area is 102 Å². The Morgan fingerprint density at radius 2 is 2.00 bits per heavy atom. The first kappa shape index (κ1) is 11.3. The van der Waals surface area contributed by atoms with Gasteiger partial charge in [0.1, 0.15) is 10.7 Å². The van der Waals surface area contributed by atoms with E-state index < -0.39 is 5.97 Å². The third kappa shape index (κ3) is 1.39. The smallest absolute Gasteiger partial charge is 0.339 e. The maximum Gasteiger partial charge on any atom is 0.339 e. The van der Waals surface area contributed by atoms with E-state index in [0.29, 0.717) is 10.4 Å². The van der Waals surface area contributed by atoms with Crippen molar-refractivity contribution in [1.29, 1.82) is 0 Å².